The second-order valence-electron chi connectivity index (χ2n) is 5.13. The standard InChI is InChI=1S/C17H20N2O2/c1-3-4-10-21-13-7-8-16-15(11-13)17(20)14(6-5-9-18)12(2)19-16/h7-8,11H,3-6,10H2,1-2H3,(H,19,20). The van der Waals surface area contributed by atoms with Crippen molar-refractivity contribution in [3.8, 4) is 11.8 Å². The Hall–Kier alpha value is -2.28. The van der Waals surface area contributed by atoms with Crippen LogP contribution in [0.15, 0.2) is 23.0 Å². The summed E-state index contributed by atoms with van der Waals surface area (Å²) in [5.74, 6) is 0.719. The molecule has 0 aliphatic heterocycles. The highest BCUT2D eigenvalue weighted by molar-refractivity contribution is 5.81. The van der Waals surface area contributed by atoms with Crippen LogP contribution in [0.2, 0.25) is 0 Å². The van der Waals surface area contributed by atoms with E-state index in [0.717, 1.165) is 29.8 Å². The fraction of sp³-hybridized carbons (Fsp3) is 0.412. The number of ether oxygens (including phenoxy) is 1. The molecule has 0 fully saturated rings. The third-order valence-corrected chi connectivity index (χ3v) is 3.54. The highest BCUT2D eigenvalue weighted by Crippen LogP contribution is 2.19. The van der Waals surface area contributed by atoms with Gasteiger partial charge in [0.1, 0.15) is 5.75 Å². The van der Waals surface area contributed by atoms with Gasteiger partial charge in [0, 0.05) is 28.6 Å². The number of hydrogen-bond acceptors (Lipinski definition) is 3. The van der Waals surface area contributed by atoms with Crippen molar-refractivity contribution in [2.45, 2.75) is 39.5 Å². The second-order valence-corrected chi connectivity index (χ2v) is 5.13. The first-order valence-electron chi connectivity index (χ1n) is 7.32. The number of pyridine rings is 1. The molecule has 4 nitrogen and oxygen atoms in total. The molecule has 0 aliphatic rings. The molecule has 1 heterocycles. The van der Waals surface area contributed by atoms with Gasteiger partial charge >= 0.3 is 0 Å². The summed E-state index contributed by atoms with van der Waals surface area (Å²) in [6.07, 6.45) is 2.90. The number of aromatic amines is 1. The van der Waals surface area contributed by atoms with Gasteiger partial charge in [-0.25, -0.2) is 0 Å². The molecule has 0 atom stereocenters. The molecule has 0 aliphatic carbocycles. The lowest BCUT2D eigenvalue weighted by molar-refractivity contribution is 0.310. The molecule has 0 unspecified atom stereocenters. The zero-order chi connectivity index (χ0) is 15.2. The lowest BCUT2D eigenvalue weighted by Crippen LogP contribution is -2.13. The molecule has 0 spiro atoms. The number of unbranched alkanes of at least 4 members (excludes halogenated alkanes) is 1. The fourth-order valence-corrected chi connectivity index (χ4v) is 2.34. The van der Waals surface area contributed by atoms with Crippen molar-refractivity contribution in [1.29, 1.82) is 5.26 Å². The van der Waals surface area contributed by atoms with Gasteiger partial charge in [0.05, 0.1) is 12.7 Å². The van der Waals surface area contributed by atoms with Gasteiger partial charge in [-0.2, -0.15) is 5.26 Å². The molecule has 4 heteroatoms. The summed E-state index contributed by atoms with van der Waals surface area (Å²) in [5.41, 5.74) is 2.33. The third kappa shape index (κ3) is 3.43. The van der Waals surface area contributed by atoms with E-state index >= 15 is 0 Å². The zero-order valence-electron chi connectivity index (χ0n) is 12.5. The number of aromatic nitrogens is 1. The van der Waals surface area contributed by atoms with E-state index in [1.807, 2.05) is 19.1 Å². The summed E-state index contributed by atoms with van der Waals surface area (Å²) >= 11 is 0. The van der Waals surface area contributed by atoms with Gasteiger partial charge in [-0.1, -0.05) is 13.3 Å². The minimum absolute atomic E-state index is 0.00237. The molecule has 1 aromatic heterocycles. The number of hydrogen-bond donors (Lipinski definition) is 1. The molecule has 0 bridgehead atoms. The van der Waals surface area contributed by atoms with Crippen molar-refractivity contribution in [1.82, 2.24) is 4.98 Å². The van der Waals surface area contributed by atoms with Crippen LogP contribution in [0.1, 0.15) is 37.4 Å². The summed E-state index contributed by atoms with van der Waals surface area (Å²) in [6, 6.07) is 7.63. The van der Waals surface area contributed by atoms with Crippen LogP contribution in [0.4, 0.5) is 0 Å². The number of benzene rings is 1. The van der Waals surface area contributed by atoms with Crippen LogP contribution < -0.4 is 10.2 Å². The van der Waals surface area contributed by atoms with Crippen LogP contribution >= 0.6 is 0 Å². The van der Waals surface area contributed by atoms with Crippen molar-refractivity contribution in [2.75, 3.05) is 6.61 Å². The lowest BCUT2D eigenvalue weighted by Gasteiger charge is -2.09. The minimum Gasteiger partial charge on any atom is -0.494 e. The summed E-state index contributed by atoms with van der Waals surface area (Å²) < 4.78 is 5.66. The normalized spacial score (nSPS) is 10.5. The van der Waals surface area contributed by atoms with Crippen LogP contribution in [0.3, 0.4) is 0 Å². The molecule has 0 amide bonds. The minimum atomic E-state index is -0.00237. The topological polar surface area (TPSA) is 65.9 Å². The summed E-state index contributed by atoms with van der Waals surface area (Å²) in [5, 5.41) is 9.33. The summed E-state index contributed by atoms with van der Waals surface area (Å²) in [4.78, 5) is 15.8. The number of H-pyrrole nitrogens is 1. The molecule has 0 saturated heterocycles. The van der Waals surface area contributed by atoms with Gasteiger partial charge in [0.2, 0.25) is 0 Å². The Balaban J connectivity index is 2.40. The van der Waals surface area contributed by atoms with Crippen LogP contribution in [0, 0.1) is 18.3 Å². The number of nitriles is 1. The Labute approximate surface area is 124 Å². The van der Waals surface area contributed by atoms with Crippen LogP contribution in [0.5, 0.6) is 5.75 Å². The van der Waals surface area contributed by atoms with Crippen molar-refractivity contribution >= 4 is 10.9 Å². The molecule has 1 aromatic carbocycles. The molecule has 2 aromatic rings. The smallest absolute Gasteiger partial charge is 0.192 e. The monoisotopic (exact) mass is 284 g/mol. The van der Waals surface area contributed by atoms with Crippen LogP contribution in [0.25, 0.3) is 10.9 Å². The van der Waals surface area contributed by atoms with Crippen molar-refractivity contribution < 1.29 is 4.74 Å². The van der Waals surface area contributed by atoms with Crippen LogP contribution in [-0.2, 0) is 6.42 Å². The highest BCUT2D eigenvalue weighted by atomic mass is 16.5. The Morgan fingerprint density at radius 3 is 2.90 bits per heavy atom. The molecule has 21 heavy (non-hydrogen) atoms. The van der Waals surface area contributed by atoms with Crippen molar-refractivity contribution in [3.05, 3.63) is 39.7 Å². The van der Waals surface area contributed by atoms with Crippen LogP contribution in [-0.4, -0.2) is 11.6 Å². The molecule has 2 rings (SSSR count). The van der Waals surface area contributed by atoms with E-state index in [1.54, 1.807) is 6.07 Å². The zero-order valence-corrected chi connectivity index (χ0v) is 12.5. The van der Waals surface area contributed by atoms with E-state index in [0.29, 0.717) is 30.4 Å². The van der Waals surface area contributed by atoms with Gasteiger partial charge < -0.3 is 9.72 Å². The van der Waals surface area contributed by atoms with Gasteiger partial charge in [0.15, 0.2) is 5.43 Å². The number of aryl methyl sites for hydroxylation is 1. The molecule has 1 N–H and O–H groups in total. The lowest BCUT2D eigenvalue weighted by atomic mass is 10.0. The van der Waals surface area contributed by atoms with E-state index < -0.39 is 0 Å². The van der Waals surface area contributed by atoms with Gasteiger partial charge in [-0.15, -0.1) is 0 Å². The van der Waals surface area contributed by atoms with E-state index in [9.17, 15) is 4.79 Å². The fourth-order valence-electron chi connectivity index (χ4n) is 2.34. The first-order chi connectivity index (χ1) is 10.2. The first kappa shape index (κ1) is 15.1. The van der Waals surface area contributed by atoms with E-state index in [-0.39, 0.29) is 5.43 Å². The SMILES string of the molecule is CCCCOc1ccc2[nH]c(C)c(CCC#N)c(=O)c2c1. The van der Waals surface area contributed by atoms with E-state index in [2.05, 4.69) is 18.0 Å². The number of nitrogens with one attached hydrogen (secondary N) is 1. The molecule has 110 valence electrons. The number of rotatable bonds is 6. The predicted molar refractivity (Wildman–Crippen MR) is 83.6 cm³/mol. The predicted octanol–water partition coefficient (Wildman–Crippen LogP) is 3.47. The molecule has 0 radical (unpaired) electrons. The van der Waals surface area contributed by atoms with Gasteiger partial charge in [0.25, 0.3) is 0 Å². The largest absolute Gasteiger partial charge is 0.494 e. The first-order valence-corrected chi connectivity index (χ1v) is 7.32. The van der Waals surface area contributed by atoms with Gasteiger partial charge in [-0.05, 0) is 38.0 Å². The van der Waals surface area contributed by atoms with E-state index in [1.165, 1.54) is 0 Å². The highest BCUT2D eigenvalue weighted by Gasteiger charge is 2.10. The maximum Gasteiger partial charge on any atom is 0.192 e. The average molecular weight is 284 g/mol. The molecular weight excluding hydrogens is 264 g/mol. The van der Waals surface area contributed by atoms with Crippen molar-refractivity contribution in [2.24, 2.45) is 0 Å². The maximum absolute atomic E-state index is 12.6. The average Bonchev–Trinajstić information content (AvgIpc) is 2.48. The summed E-state index contributed by atoms with van der Waals surface area (Å²) in [6.45, 7) is 4.64. The maximum atomic E-state index is 12.6. The van der Waals surface area contributed by atoms with Crippen molar-refractivity contribution in [3.63, 3.8) is 0 Å². The van der Waals surface area contributed by atoms with Gasteiger partial charge in [-0.3, -0.25) is 4.79 Å². The Bertz CT molecular complexity index is 726. The van der Waals surface area contributed by atoms with E-state index in [4.69, 9.17) is 10.00 Å². The third-order valence-electron chi connectivity index (χ3n) is 3.54. The summed E-state index contributed by atoms with van der Waals surface area (Å²) in [7, 11) is 0. The molecular formula is C17H20N2O2. The second kappa shape index (κ2) is 6.94. The number of nitrogens with zero attached hydrogens (tertiary/aromatic N) is 1. The Kier molecular flexibility index (Phi) is 4.99. The Morgan fingerprint density at radius 1 is 1.38 bits per heavy atom. The Morgan fingerprint density at radius 2 is 2.19 bits per heavy atom. The number of fused-ring (bicyclic) bond motifs is 1. The quantitative estimate of drug-likeness (QED) is 0.826. The molecule has 0 saturated carbocycles.